The molecule has 1 radical (unpaired) electrons. The summed E-state index contributed by atoms with van der Waals surface area (Å²) in [6.07, 6.45) is 4.43. The maximum Gasteiger partial charge on any atom is 0.310 e. The zero-order valence-corrected chi connectivity index (χ0v) is 7.81. The standard InChI is InChI=1S/C10H13O4/c1-2-14-10(13)8-6-4-3-5-7(8)9(11)12/h3-4,7-8H,1-2,5-6H2,(H,11,12). The molecule has 0 heterocycles. The Kier molecular flexibility index (Phi) is 3.68. The van der Waals surface area contributed by atoms with E-state index in [9.17, 15) is 9.59 Å². The van der Waals surface area contributed by atoms with Gasteiger partial charge >= 0.3 is 11.9 Å². The molecule has 1 aliphatic carbocycles. The summed E-state index contributed by atoms with van der Waals surface area (Å²) in [5.74, 6) is -2.62. The molecule has 0 spiro atoms. The van der Waals surface area contributed by atoms with Gasteiger partial charge in [-0.3, -0.25) is 9.59 Å². The Morgan fingerprint density at radius 1 is 1.36 bits per heavy atom. The van der Waals surface area contributed by atoms with Crippen LogP contribution in [-0.2, 0) is 14.3 Å². The third-order valence-corrected chi connectivity index (χ3v) is 2.30. The molecule has 4 nitrogen and oxygen atoms in total. The number of allylic oxidation sites excluding steroid dienone is 2. The predicted octanol–water partition coefficient (Wildman–Crippen LogP) is 1.03. The summed E-state index contributed by atoms with van der Waals surface area (Å²) in [6, 6.07) is 0. The lowest BCUT2D eigenvalue weighted by Gasteiger charge is -2.22. The molecule has 77 valence electrons. The van der Waals surface area contributed by atoms with Crippen molar-refractivity contribution in [1.29, 1.82) is 0 Å². The molecule has 2 unspecified atom stereocenters. The van der Waals surface area contributed by atoms with Gasteiger partial charge in [0.1, 0.15) is 0 Å². The van der Waals surface area contributed by atoms with Gasteiger partial charge in [-0.1, -0.05) is 12.2 Å². The molecule has 0 amide bonds. The first-order valence-corrected chi connectivity index (χ1v) is 4.50. The van der Waals surface area contributed by atoms with Crippen LogP contribution < -0.4 is 0 Å². The fraction of sp³-hybridized carbons (Fsp3) is 0.500. The first-order chi connectivity index (χ1) is 6.66. The molecule has 1 rings (SSSR count). The zero-order chi connectivity index (χ0) is 10.6. The van der Waals surface area contributed by atoms with E-state index in [1.165, 1.54) is 0 Å². The minimum atomic E-state index is -0.944. The maximum absolute atomic E-state index is 11.4. The fourth-order valence-electron chi connectivity index (χ4n) is 1.56. The number of carbonyl (C=O) groups is 2. The van der Waals surface area contributed by atoms with Crippen molar-refractivity contribution in [3.05, 3.63) is 19.1 Å². The summed E-state index contributed by atoms with van der Waals surface area (Å²) in [5.41, 5.74) is 0. The molecule has 1 N–H and O–H groups in total. The second-order valence-electron chi connectivity index (χ2n) is 3.16. The van der Waals surface area contributed by atoms with E-state index < -0.39 is 23.8 Å². The molecule has 14 heavy (non-hydrogen) atoms. The van der Waals surface area contributed by atoms with Crippen LogP contribution >= 0.6 is 0 Å². The van der Waals surface area contributed by atoms with Gasteiger partial charge in [0.05, 0.1) is 18.4 Å². The molecule has 0 saturated heterocycles. The molecule has 1 aliphatic rings. The zero-order valence-electron chi connectivity index (χ0n) is 7.81. The third kappa shape index (κ3) is 2.34. The molecular formula is C10H13O4. The first-order valence-electron chi connectivity index (χ1n) is 4.50. The molecule has 0 saturated carbocycles. The van der Waals surface area contributed by atoms with Crippen LogP contribution in [0, 0.1) is 18.8 Å². The normalized spacial score (nSPS) is 25.8. The SMILES string of the molecule is [CH2]COC(=O)C1CC=CCC1C(=O)O. The van der Waals surface area contributed by atoms with E-state index >= 15 is 0 Å². The van der Waals surface area contributed by atoms with Crippen molar-refractivity contribution in [2.45, 2.75) is 12.8 Å². The molecule has 0 aliphatic heterocycles. The predicted molar refractivity (Wildman–Crippen MR) is 49.3 cm³/mol. The van der Waals surface area contributed by atoms with Gasteiger partial charge in [-0.05, 0) is 19.8 Å². The number of hydrogen-bond acceptors (Lipinski definition) is 3. The lowest BCUT2D eigenvalue weighted by atomic mass is 9.83. The Morgan fingerprint density at radius 3 is 2.43 bits per heavy atom. The average Bonchev–Trinajstić information content (AvgIpc) is 2.18. The summed E-state index contributed by atoms with van der Waals surface area (Å²) in [4.78, 5) is 22.2. The van der Waals surface area contributed by atoms with Crippen LogP contribution in [0.5, 0.6) is 0 Å². The molecule has 4 heteroatoms. The molecule has 0 aromatic carbocycles. The summed E-state index contributed by atoms with van der Waals surface area (Å²) in [7, 11) is 0. The van der Waals surface area contributed by atoms with Crippen LogP contribution in [0.4, 0.5) is 0 Å². The van der Waals surface area contributed by atoms with E-state index in [1.54, 1.807) is 6.08 Å². The molecule has 2 atom stereocenters. The van der Waals surface area contributed by atoms with E-state index in [2.05, 4.69) is 6.92 Å². The van der Waals surface area contributed by atoms with Crippen molar-refractivity contribution >= 4 is 11.9 Å². The summed E-state index contributed by atoms with van der Waals surface area (Å²) >= 11 is 0. The Morgan fingerprint density at radius 2 is 1.93 bits per heavy atom. The lowest BCUT2D eigenvalue weighted by Crippen LogP contribution is -2.32. The summed E-state index contributed by atoms with van der Waals surface area (Å²) in [5, 5.41) is 8.87. The number of esters is 1. The van der Waals surface area contributed by atoms with E-state index in [0.29, 0.717) is 12.8 Å². The highest BCUT2D eigenvalue weighted by atomic mass is 16.5. The van der Waals surface area contributed by atoms with Crippen LogP contribution in [0.1, 0.15) is 12.8 Å². The van der Waals surface area contributed by atoms with Gasteiger partial charge in [-0.2, -0.15) is 0 Å². The van der Waals surface area contributed by atoms with Crippen LogP contribution in [0.15, 0.2) is 12.2 Å². The van der Waals surface area contributed by atoms with E-state index in [4.69, 9.17) is 9.84 Å². The number of carbonyl (C=O) groups excluding carboxylic acids is 1. The highest BCUT2D eigenvalue weighted by molar-refractivity contribution is 5.81. The van der Waals surface area contributed by atoms with Crippen molar-refractivity contribution in [3.8, 4) is 0 Å². The topological polar surface area (TPSA) is 63.6 Å². The van der Waals surface area contributed by atoms with E-state index in [0.717, 1.165) is 0 Å². The Hall–Kier alpha value is -1.32. The van der Waals surface area contributed by atoms with Gasteiger partial charge in [0.25, 0.3) is 0 Å². The lowest BCUT2D eigenvalue weighted by molar-refractivity contribution is -0.157. The van der Waals surface area contributed by atoms with Crippen molar-refractivity contribution in [3.63, 3.8) is 0 Å². The number of hydrogen-bond donors (Lipinski definition) is 1. The number of carboxylic acid groups (broad SMARTS) is 1. The van der Waals surface area contributed by atoms with E-state index in [-0.39, 0.29) is 6.61 Å². The third-order valence-electron chi connectivity index (χ3n) is 2.30. The van der Waals surface area contributed by atoms with Crippen LogP contribution in [-0.4, -0.2) is 23.7 Å². The highest BCUT2D eigenvalue weighted by Gasteiger charge is 2.34. The average molecular weight is 197 g/mol. The maximum atomic E-state index is 11.4. The number of rotatable bonds is 3. The molecule has 0 aromatic rings. The fourth-order valence-corrected chi connectivity index (χ4v) is 1.56. The minimum Gasteiger partial charge on any atom is -0.481 e. The van der Waals surface area contributed by atoms with Gasteiger partial charge in [-0.25, -0.2) is 0 Å². The van der Waals surface area contributed by atoms with Gasteiger partial charge in [0.15, 0.2) is 0 Å². The van der Waals surface area contributed by atoms with Crippen molar-refractivity contribution in [1.82, 2.24) is 0 Å². The first kappa shape index (κ1) is 10.8. The van der Waals surface area contributed by atoms with Gasteiger partial charge in [-0.15, -0.1) is 0 Å². The number of ether oxygens (including phenoxy) is 1. The van der Waals surface area contributed by atoms with Crippen molar-refractivity contribution in [2.75, 3.05) is 6.61 Å². The van der Waals surface area contributed by atoms with Gasteiger partial charge < -0.3 is 9.84 Å². The monoisotopic (exact) mass is 197 g/mol. The van der Waals surface area contributed by atoms with Crippen molar-refractivity contribution in [2.24, 2.45) is 11.8 Å². The second-order valence-corrected chi connectivity index (χ2v) is 3.16. The van der Waals surface area contributed by atoms with Crippen LogP contribution in [0.25, 0.3) is 0 Å². The molecule has 0 bridgehead atoms. The molecule has 0 aromatic heterocycles. The molecule has 0 fully saturated rings. The largest absolute Gasteiger partial charge is 0.481 e. The van der Waals surface area contributed by atoms with Crippen molar-refractivity contribution < 1.29 is 19.4 Å². The van der Waals surface area contributed by atoms with Gasteiger partial charge in [0, 0.05) is 0 Å². The Bertz CT molecular complexity index is 257. The Balaban J connectivity index is 2.69. The second kappa shape index (κ2) is 4.79. The quantitative estimate of drug-likeness (QED) is 0.542. The minimum absolute atomic E-state index is 0.0470. The summed E-state index contributed by atoms with van der Waals surface area (Å²) < 4.78 is 4.71. The summed E-state index contributed by atoms with van der Waals surface area (Å²) in [6.45, 7) is 3.43. The van der Waals surface area contributed by atoms with E-state index in [1.807, 2.05) is 6.08 Å². The smallest absolute Gasteiger partial charge is 0.310 e. The Labute approximate surface area is 82.6 Å². The molecular weight excluding hydrogens is 184 g/mol. The van der Waals surface area contributed by atoms with Gasteiger partial charge in [0.2, 0.25) is 0 Å². The highest BCUT2D eigenvalue weighted by Crippen LogP contribution is 2.26. The number of aliphatic carboxylic acids is 1. The van der Waals surface area contributed by atoms with Crippen LogP contribution in [0.2, 0.25) is 0 Å². The van der Waals surface area contributed by atoms with Crippen LogP contribution in [0.3, 0.4) is 0 Å². The number of carboxylic acids is 1.